The van der Waals surface area contributed by atoms with Gasteiger partial charge in [0, 0.05) is 6.42 Å². The van der Waals surface area contributed by atoms with Crippen LogP contribution in [0.15, 0.2) is 0 Å². The van der Waals surface area contributed by atoms with E-state index in [1.807, 2.05) is 6.92 Å². The van der Waals surface area contributed by atoms with Gasteiger partial charge < -0.3 is 4.74 Å². The Morgan fingerprint density at radius 1 is 1.13 bits per heavy atom. The molecule has 0 amide bonds. The largest absolute Gasteiger partial charge is 0.466 e. The Bertz CT molecular complexity index is 173. The van der Waals surface area contributed by atoms with Gasteiger partial charge in [0.2, 0.25) is 0 Å². The number of hydrogen-bond acceptors (Lipinski definition) is 2. The highest BCUT2D eigenvalue weighted by atomic mass is 16.5. The van der Waals surface area contributed by atoms with Gasteiger partial charge in [-0.3, -0.25) is 4.79 Å². The zero-order chi connectivity index (χ0) is 11.7. The van der Waals surface area contributed by atoms with Gasteiger partial charge in [0.15, 0.2) is 0 Å². The molecule has 0 aromatic carbocycles. The lowest BCUT2D eigenvalue weighted by Gasteiger charge is -2.23. The molecule has 0 atom stereocenters. The molecule has 15 heavy (non-hydrogen) atoms. The Morgan fingerprint density at radius 3 is 2.33 bits per heavy atom. The van der Waals surface area contributed by atoms with Crippen molar-refractivity contribution in [3.8, 4) is 0 Å². The highest BCUT2D eigenvalue weighted by Crippen LogP contribution is 2.29. The number of unbranched alkanes of at least 4 members (excludes halogenated alkanes) is 2. The van der Waals surface area contributed by atoms with E-state index in [-0.39, 0.29) is 11.4 Å². The van der Waals surface area contributed by atoms with Crippen molar-refractivity contribution in [3.63, 3.8) is 0 Å². The van der Waals surface area contributed by atoms with Crippen molar-refractivity contribution in [1.29, 1.82) is 0 Å². The van der Waals surface area contributed by atoms with Gasteiger partial charge in [0.05, 0.1) is 6.61 Å². The molecule has 0 saturated heterocycles. The van der Waals surface area contributed by atoms with E-state index in [1.54, 1.807) is 0 Å². The van der Waals surface area contributed by atoms with Crippen molar-refractivity contribution in [1.82, 2.24) is 0 Å². The molecule has 0 rings (SSSR count). The summed E-state index contributed by atoms with van der Waals surface area (Å²) in [5.41, 5.74) is 0.280. The number of ether oxygens (including phenoxy) is 1. The molecule has 0 fully saturated rings. The van der Waals surface area contributed by atoms with E-state index in [0.717, 1.165) is 6.42 Å². The Labute approximate surface area is 94.4 Å². The van der Waals surface area contributed by atoms with Crippen LogP contribution in [-0.4, -0.2) is 12.6 Å². The van der Waals surface area contributed by atoms with Crippen molar-refractivity contribution in [2.45, 2.75) is 66.2 Å². The molecule has 0 unspecified atom stereocenters. The maximum Gasteiger partial charge on any atom is 0.305 e. The van der Waals surface area contributed by atoms with Crippen LogP contribution in [0, 0.1) is 5.41 Å². The summed E-state index contributed by atoms with van der Waals surface area (Å²) >= 11 is 0. The van der Waals surface area contributed by atoms with E-state index >= 15 is 0 Å². The number of carbonyl (C=O) groups excluding carboxylic acids is 1. The van der Waals surface area contributed by atoms with Crippen LogP contribution in [0.1, 0.15) is 66.2 Å². The first-order chi connectivity index (χ1) is 7.02. The smallest absolute Gasteiger partial charge is 0.305 e. The zero-order valence-corrected chi connectivity index (χ0v) is 10.8. The van der Waals surface area contributed by atoms with E-state index in [4.69, 9.17) is 4.74 Å². The monoisotopic (exact) mass is 214 g/mol. The Hall–Kier alpha value is -0.530. The van der Waals surface area contributed by atoms with Crippen molar-refractivity contribution >= 4 is 5.97 Å². The van der Waals surface area contributed by atoms with Gasteiger partial charge in [-0.2, -0.15) is 0 Å². The molecule has 0 bridgehead atoms. The lowest BCUT2D eigenvalue weighted by atomic mass is 9.82. The van der Waals surface area contributed by atoms with Crippen molar-refractivity contribution in [2.24, 2.45) is 5.41 Å². The van der Waals surface area contributed by atoms with Crippen LogP contribution in [-0.2, 0) is 9.53 Å². The molecule has 0 heterocycles. The molecule has 0 N–H and O–H groups in total. The lowest BCUT2D eigenvalue weighted by molar-refractivity contribution is -0.143. The quantitative estimate of drug-likeness (QED) is 0.452. The van der Waals surface area contributed by atoms with Crippen molar-refractivity contribution in [3.05, 3.63) is 0 Å². The van der Waals surface area contributed by atoms with Crippen LogP contribution in [0.5, 0.6) is 0 Å². The SMILES string of the molecule is CCCCCC(C)(C)CCC(=O)OCC. The average molecular weight is 214 g/mol. The third-order valence-corrected chi connectivity index (χ3v) is 2.77. The molecule has 0 aliphatic rings. The zero-order valence-electron chi connectivity index (χ0n) is 10.8. The summed E-state index contributed by atoms with van der Waals surface area (Å²) in [5, 5.41) is 0. The maximum atomic E-state index is 11.2. The highest BCUT2D eigenvalue weighted by Gasteiger charge is 2.18. The van der Waals surface area contributed by atoms with Gasteiger partial charge in [-0.05, 0) is 25.2 Å². The summed E-state index contributed by atoms with van der Waals surface area (Å²) < 4.78 is 4.92. The molecular formula is C13H26O2. The lowest BCUT2D eigenvalue weighted by Crippen LogP contribution is -2.15. The fourth-order valence-corrected chi connectivity index (χ4v) is 1.65. The summed E-state index contributed by atoms with van der Waals surface area (Å²) in [6.07, 6.45) is 6.53. The number of carbonyl (C=O) groups is 1. The minimum absolute atomic E-state index is 0.0546. The third-order valence-electron chi connectivity index (χ3n) is 2.77. The fraction of sp³-hybridized carbons (Fsp3) is 0.923. The molecule has 0 aromatic rings. The topological polar surface area (TPSA) is 26.3 Å². The van der Waals surface area contributed by atoms with Crippen LogP contribution in [0.25, 0.3) is 0 Å². The summed E-state index contributed by atoms with van der Waals surface area (Å²) in [5.74, 6) is -0.0546. The fourth-order valence-electron chi connectivity index (χ4n) is 1.65. The predicted molar refractivity (Wildman–Crippen MR) is 63.8 cm³/mol. The number of rotatable bonds is 8. The Kier molecular flexibility index (Phi) is 7.45. The second-order valence-corrected chi connectivity index (χ2v) is 4.93. The van der Waals surface area contributed by atoms with Gasteiger partial charge in [0.25, 0.3) is 0 Å². The third kappa shape index (κ3) is 8.46. The second-order valence-electron chi connectivity index (χ2n) is 4.93. The minimum Gasteiger partial charge on any atom is -0.466 e. The summed E-state index contributed by atoms with van der Waals surface area (Å²) in [6, 6.07) is 0. The van der Waals surface area contributed by atoms with Gasteiger partial charge in [-0.15, -0.1) is 0 Å². The number of esters is 1. The van der Waals surface area contributed by atoms with Crippen molar-refractivity contribution < 1.29 is 9.53 Å². The molecule has 0 spiro atoms. The van der Waals surface area contributed by atoms with E-state index in [1.165, 1.54) is 25.7 Å². The van der Waals surface area contributed by atoms with Crippen LogP contribution in [0.3, 0.4) is 0 Å². The molecule has 2 heteroatoms. The van der Waals surface area contributed by atoms with Crippen LogP contribution < -0.4 is 0 Å². The van der Waals surface area contributed by atoms with E-state index in [2.05, 4.69) is 20.8 Å². The average Bonchev–Trinajstić information content (AvgIpc) is 2.16. The molecule has 90 valence electrons. The van der Waals surface area contributed by atoms with Crippen LogP contribution in [0.4, 0.5) is 0 Å². The first-order valence-electron chi connectivity index (χ1n) is 6.17. The summed E-state index contributed by atoms with van der Waals surface area (Å²) in [4.78, 5) is 11.2. The van der Waals surface area contributed by atoms with Gasteiger partial charge >= 0.3 is 5.97 Å². The first kappa shape index (κ1) is 14.5. The minimum atomic E-state index is -0.0546. The standard InChI is InChI=1S/C13H26O2/c1-5-7-8-10-13(3,4)11-9-12(14)15-6-2/h5-11H2,1-4H3. The first-order valence-corrected chi connectivity index (χ1v) is 6.17. The molecule has 0 aliphatic carbocycles. The van der Waals surface area contributed by atoms with E-state index in [9.17, 15) is 4.79 Å². The molecule has 0 radical (unpaired) electrons. The second kappa shape index (κ2) is 7.72. The molecular weight excluding hydrogens is 188 g/mol. The summed E-state index contributed by atoms with van der Waals surface area (Å²) in [6.45, 7) is 9.04. The highest BCUT2D eigenvalue weighted by molar-refractivity contribution is 5.69. The van der Waals surface area contributed by atoms with Gasteiger partial charge in [-0.25, -0.2) is 0 Å². The van der Waals surface area contributed by atoms with E-state index in [0.29, 0.717) is 13.0 Å². The molecule has 0 saturated carbocycles. The maximum absolute atomic E-state index is 11.2. The molecule has 0 aromatic heterocycles. The van der Waals surface area contributed by atoms with Gasteiger partial charge in [0.1, 0.15) is 0 Å². The van der Waals surface area contributed by atoms with Crippen molar-refractivity contribution in [2.75, 3.05) is 6.61 Å². The number of hydrogen-bond donors (Lipinski definition) is 0. The molecule has 0 aliphatic heterocycles. The van der Waals surface area contributed by atoms with Crippen LogP contribution >= 0.6 is 0 Å². The summed E-state index contributed by atoms with van der Waals surface area (Å²) in [7, 11) is 0. The predicted octanol–water partition coefficient (Wildman–Crippen LogP) is 3.94. The van der Waals surface area contributed by atoms with Crippen LogP contribution in [0.2, 0.25) is 0 Å². The normalized spacial score (nSPS) is 11.5. The van der Waals surface area contributed by atoms with Gasteiger partial charge in [-0.1, -0.05) is 40.0 Å². The Morgan fingerprint density at radius 2 is 1.80 bits per heavy atom. The van der Waals surface area contributed by atoms with E-state index < -0.39 is 0 Å². The Balaban J connectivity index is 3.67. The molecule has 2 nitrogen and oxygen atoms in total.